The minimum absolute atomic E-state index is 0.146. The molecule has 0 radical (unpaired) electrons. The van der Waals surface area contributed by atoms with Crippen molar-refractivity contribution in [1.82, 2.24) is 5.32 Å². The molecule has 0 bridgehead atoms. The van der Waals surface area contributed by atoms with E-state index in [1.165, 1.54) is 4.31 Å². The summed E-state index contributed by atoms with van der Waals surface area (Å²) in [5.41, 5.74) is 1.45. The first-order chi connectivity index (χ1) is 14.9. The molecule has 3 rings (SSSR count). The zero-order valence-corrected chi connectivity index (χ0v) is 18.6. The highest BCUT2D eigenvalue weighted by atomic mass is 35.5. The molecule has 1 N–H and O–H groups in total. The van der Waals surface area contributed by atoms with Crippen molar-refractivity contribution >= 4 is 33.2 Å². The minimum atomic E-state index is -3.66. The van der Waals surface area contributed by atoms with Crippen LogP contribution in [-0.2, 0) is 21.4 Å². The fraction of sp³-hybridized carbons (Fsp3) is 0.174. The Labute approximate surface area is 187 Å². The van der Waals surface area contributed by atoms with Gasteiger partial charge in [0, 0.05) is 18.1 Å². The molecule has 3 aromatic carbocycles. The number of benzene rings is 3. The first-order valence-electron chi connectivity index (χ1n) is 9.72. The van der Waals surface area contributed by atoms with E-state index < -0.39 is 10.0 Å². The third-order valence-corrected chi connectivity index (χ3v) is 6.69. The molecule has 3 aromatic rings. The zero-order chi connectivity index (χ0) is 22.3. The first kappa shape index (κ1) is 22.7. The smallest absolute Gasteiger partial charge is 0.264 e. The lowest BCUT2D eigenvalue weighted by molar-refractivity contribution is -0.123. The van der Waals surface area contributed by atoms with Gasteiger partial charge in [0.1, 0.15) is 5.75 Å². The summed E-state index contributed by atoms with van der Waals surface area (Å²) in [6.45, 7) is 2.29. The number of sulfonamides is 1. The number of carbonyl (C=O) groups is 1. The van der Waals surface area contributed by atoms with Crippen molar-refractivity contribution in [3.63, 3.8) is 0 Å². The van der Waals surface area contributed by atoms with Gasteiger partial charge < -0.3 is 10.1 Å². The summed E-state index contributed by atoms with van der Waals surface area (Å²) in [6.07, 6.45) is 0. The van der Waals surface area contributed by atoms with Crippen molar-refractivity contribution in [2.75, 3.05) is 17.5 Å². The standard InChI is InChI=1S/C23H23ClN2O4S/c1-2-26(31(28,29)22-6-4-3-5-7-22)20-12-14-21(15-13-20)30-17-23(27)25-16-18-8-10-19(24)11-9-18/h3-15H,2,16-17H2,1H3,(H,25,27). The van der Waals surface area contributed by atoms with E-state index in [0.29, 0.717) is 23.0 Å². The predicted molar refractivity (Wildman–Crippen MR) is 122 cm³/mol. The van der Waals surface area contributed by atoms with Crippen molar-refractivity contribution < 1.29 is 17.9 Å². The van der Waals surface area contributed by atoms with Gasteiger partial charge in [0.25, 0.3) is 15.9 Å². The summed E-state index contributed by atoms with van der Waals surface area (Å²) in [5.74, 6) is 0.208. The Morgan fingerprint density at radius 1 is 0.968 bits per heavy atom. The number of halogens is 1. The van der Waals surface area contributed by atoms with Gasteiger partial charge in [-0.25, -0.2) is 8.42 Å². The van der Waals surface area contributed by atoms with Crippen LogP contribution < -0.4 is 14.4 Å². The number of hydrogen-bond donors (Lipinski definition) is 1. The Hall–Kier alpha value is -3.03. The topological polar surface area (TPSA) is 75.7 Å². The van der Waals surface area contributed by atoms with Gasteiger partial charge in [-0.2, -0.15) is 0 Å². The van der Waals surface area contributed by atoms with Gasteiger partial charge in [-0.3, -0.25) is 9.10 Å². The van der Waals surface area contributed by atoms with Gasteiger partial charge in [0.2, 0.25) is 0 Å². The maximum absolute atomic E-state index is 12.9. The van der Waals surface area contributed by atoms with E-state index in [-0.39, 0.29) is 24.0 Å². The summed E-state index contributed by atoms with van der Waals surface area (Å²) in [4.78, 5) is 12.2. The van der Waals surface area contributed by atoms with Crippen LogP contribution in [0.2, 0.25) is 5.02 Å². The Balaban J connectivity index is 1.57. The Kier molecular flexibility index (Phi) is 7.55. The molecule has 0 aromatic heterocycles. The molecule has 8 heteroatoms. The van der Waals surface area contributed by atoms with Gasteiger partial charge >= 0.3 is 0 Å². The Morgan fingerprint density at radius 2 is 1.61 bits per heavy atom. The third-order valence-electron chi connectivity index (χ3n) is 4.52. The molecule has 0 spiro atoms. The number of carbonyl (C=O) groups excluding carboxylic acids is 1. The number of ether oxygens (including phenoxy) is 1. The second kappa shape index (κ2) is 10.3. The van der Waals surface area contributed by atoms with Crippen LogP contribution in [0, 0.1) is 0 Å². The molecule has 0 aliphatic heterocycles. The average molecular weight is 459 g/mol. The summed E-state index contributed by atoms with van der Waals surface area (Å²) in [5, 5.41) is 3.41. The molecule has 0 unspecified atom stereocenters. The molecular weight excluding hydrogens is 436 g/mol. The number of anilines is 1. The van der Waals surface area contributed by atoms with Crippen LogP contribution >= 0.6 is 11.6 Å². The predicted octanol–water partition coefficient (Wildman–Crippen LogP) is 4.25. The van der Waals surface area contributed by atoms with E-state index >= 15 is 0 Å². The molecule has 1 amide bonds. The summed E-state index contributed by atoms with van der Waals surface area (Å²) in [7, 11) is -3.66. The number of nitrogens with zero attached hydrogens (tertiary/aromatic N) is 1. The van der Waals surface area contributed by atoms with Crippen LogP contribution in [-0.4, -0.2) is 27.5 Å². The van der Waals surface area contributed by atoms with E-state index in [0.717, 1.165) is 5.56 Å². The molecule has 0 saturated carbocycles. The molecular formula is C23H23ClN2O4S. The monoisotopic (exact) mass is 458 g/mol. The third kappa shape index (κ3) is 5.99. The van der Waals surface area contributed by atoms with Crippen LogP contribution in [0.4, 0.5) is 5.69 Å². The van der Waals surface area contributed by atoms with Gasteiger partial charge in [0.15, 0.2) is 6.61 Å². The summed E-state index contributed by atoms with van der Waals surface area (Å²) in [6, 6.07) is 22.1. The fourth-order valence-corrected chi connectivity index (χ4v) is 4.54. The molecule has 31 heavy (non-hydrogen) atoms. The maximum Gasteiger partial charge on any atom is 0.264 e. The fourth-order valence-electron chi connectivity index (χ4n) is 2.92. The molecule has 162 valence electrons. The summed E-state index contributed by atoms with van der Waals surface area (Å²) < 4.78 is 32.6. The number of amides is 1. The Bertz CT molecular complexity index is 1100. The second-order valence-corrected chi connectivity index (χ2v) is 8.97. The average Bonchev–Trinajstić information content (AvgIpc) is 2.79. The molecule has 0 saturated heterocycles. The maximum atomic E-state index is 12.9. The van der Waals surface area contributed by atoms with Gasteiger partial charge in [-0.1, -0.05) is 41.9 Å². The molecule has 0 fully saturated rings. The van der Waals surface area contributed by atoms with Gasteiger partial charge in [-0.05, 0) is 61.0 Å². The van der Waals surface area contributed by atoms with Crippen LogP contribution in [0.1, 0.15) is 12.5 Å². The van der Waals surface area contributed by atoms with Crippen molar-refractivity contribution in [3.05, 3.63) is 89.4 Å². The molecule has 0 aliphatic rings. The number of nitrogens with one attached hydrogen (secondary N) is 1. The molecule has 0 heterocycles. The van der Waals surface area contributed by atoms with Crippen molar-refractivity contribution in [3.8, 4) is 5.75 Å². The lowest BCUT2D eigenvalue weighted by Gasteiger charge is -2.23. The van der Waals surface area contributed by atoms with E-state index in [2.05, 4.69) is 5.32 Å². The molecule has 0 aliphatic carbocycles. The van der Waals surface area contributed by atoms with Crippen LogP contribution in [0.15, 0.2) is 83.8 Å². The Morgan fingerprint density at radius 3 is 2.23 bits per heavy atom. The van der Waals surface area contributed by atoms with Gasteiger partial charge in [-0.15, -0.1) is 0 Å². The van der Waals surface area contributed by atoms with Crippen LogP contribution in [0.3, 0.4) is 0 Å². The highest BCUT2D eigenvalue weighted by Gasteiger charge is 2.23. The van der Waals surface area contributed by atoms with Crippen LogP contribution in [0.5, 0.6) is 5.75 Å². The minimum Gasteiger partial charge on any atom is -0.484 e. The van der Waals surface area contributed by atoms with E-state index in [1.54, 1.807) is 73.7 Å². The first-order valence-corrected chi connectivity index (χ1v) is 11.5. The van der Waals surface area contributed by atoms with Crippen molar-refractivity contribution in [2.45, 2.75) is 18.4 Å². The van der Waals surface area contributed by atoms with E-state index in [1.807, 2.05) is 12.1 Å². The normalized spacial score (nSPS) is 11.0. The van der Waals surface area contributed by atoms with Crippen molar-refractivity contribution in [1.29, 1.82) is 0 Å². The molecule has 6 nitrogen and oxygen atoms in total. The van der Waals surface area contributed by atoms with Crippen LogP contribution in [0.25, 0.3) is 0 Å². The highest BCUT2D eigenvalue weighted by molar-refractivity contribution is 7.92. The lowest BCUT2D eigenvalue weighted by atomic mass is 10.2. The van der Waals surface area contributed by atoms with Gasteiger partial charge in [0.05, 0.1) is 10.6 Å². The highest BCUT2D eigenvalue weighted by Crippen LogP contribution is 2.25. The second-order valence-electron chi connectivity index (χ2n) is 6.67. The van der Waals surface area contributed by atoms with E-state index in [4.69, 9.17) is 16.3 Å². The quantitative estimate of drug-likeness (QED) is 0.520. The van der Waals surface area contributed by atoms with E-state index in [9.17, 15) is 13.2 Å². The number of hydrogen-bond acceptors (Lipinski definition) is 4. The largest absolute Gasteiger partial charge is 0.484 e. The lowest BCUT2D eigenvalue weighted by Crippen LogP contribution is -2.30. The molecule has 0 atom stereocenters. The van der Waals surface area contributed by atoms with Crippen molar-refractivity contribution in [2.24, 2.45) is 0 Å². The SMILES string of the molecule is CCN(c1ccc(OCC(=O)NCc2ccc(Cl)cc2)cc1)S(=O)(=O)c1ccccc1. The number of rotatable bonds is 9. The summed E-state index contributed by atoms with van der Waals surface area (Å²) >= 11 is 5.84. The zero-order valence-electron chi connectivity index (χ0n) is 17.0.